The van der Waals surface area contributed by atoms with Crippen LogP contribution in [0.4, 0.5) is 0 Å². The van der Waals surface area contributed by atoms with Crippen LogP contribution < -0.4 is 0 Å². The molecule has 1 aliphatic carbocycles. The average molecular weight is 327 g/mol. The number of hydrogen-bond donors (Lipinski definition) is 0. The van der Waals surface area contributed by atoms with Crippen LogP contribution in [0.15, 0.2) is 24.3 Å². The van der Waals surface area contributed by atoms with Crippen molar-refractivity contribution in [2.75, 3.05) is 19.6 Å². The second-order valence-electron chi connectivity index (χ2n) is 8.80. The Kier molecular flexibility index (Phi) is 4.65. The molecule has 1 unspecified atom stereocenters. The molecule has 3 nitrogen and oxygen atoms in total. The normalized spacial score (nSPS) is 23.2. The zero-order chi connectivity index (χ0) is 17.4. The van der Waals surface area contributed by atoms with Gasteiger partial charge in [-0.25, -0.2) is 0 Å². The van der Waals surface area contributed by atoms with Gasteiger partial charge in [-0.2, -0.15) is 0 Å². The van der Waals surface area contributed by atoms with E-state index in [9.17, 15) is 9.59 Å². The van der Waals surface area contributed by atoms with E-state index in [1.165, 1.54) is 12.0 Å². The van der Waals surface area contributed by atoms with Crippen molar-refractivity contribution >= 4 is 12.1 Å². The highest BCUT2D eigenvalue weighted by Gasteiger charge is 2.47. The molecule has 1 saturated heterocycles. The maximum absolute atomic E-state index is 12.1. The van der Waals surface area contributed by atoms with Gasteiger partial charge in [0.1, 0.15) is 0 Å². The number of hydrogen-bond acceptors (Lipinski definition) is 3. The van der Waals surface area contributed by atoms with Gasteiger partial charge in [-0.3, -0.25) is 9.59 Å². The highest BCUT2D eigenvalue weighted by molar-refractivity contribution is 6.28. The summed E-state index contributed by atoms with van der Waals surface area (Å²) in [5.41, 5.74) is 2.88. The van der Waals surface area contributed by atoms with Crippen molar-refractivity contribution < 1.29 is 9.59 Å². The molecule has 1 aromatic carbocycles. The molecule has 0 saturated carbocycles. The SMILES string of the molecule is CC(C)(C)CCN1CCC2(CC1)CC(C(=O)C=O)c1ccccc12. The fourth-order valence-electron chi connectivity index (χ4n) is 4.40. The maximum Gasteiger partial charge on any atom is 0.202 e. The largest absolute Gasteiger partial charge is 0.303 e. The van der Waals surface area contributed by atoms with E-state index < -0.39 is 0 Å². The standard InChI is InChI=1S/C21H29NO2/c1-20(2,3)8-11-22-12-9-21(10-13-22)14-17(19(24)15-23)16-6-4-5-7-18(16)21/h4-7,15,17H,8-14H2,1-3H3. The maximum atomic E-state index is 12.1. The number of carbonyl (C=O) groups excluding carboxylic acids is 2. The molecule has 0 bridgehead atoms. The van der Waals surface area contributed by atoms with Crippen LogP contribution in [-0.2, 0) is 15.0 Å². The third-order valence-electron chi connectivity index (χ3n) is 5.95. The second kappa shape index (κ2) is 6.44. The molecule has 1 atom stereocenters. The van der Waals surface area contributed by atoms with Crippen molar-refractivity contribution in [2.45, 2.75) is 57.8 Å². The van der Waals surface area contributed by atoms with Crippen LogP contribution in [0.2, 0.25) is 0 Å². The first-order chi connectivity index (χ1) is 11.3. The van der Waals surface area contributed by atoms with Crippen LogP contribution in [0.3, 0.4) is 0 Å². The Bertz CT molecular complexity index is 621. The lowest BCUT2D eigenvalue weighted by Crippen LogP contribution is -2.42. The van der Waals surface area contributed by atoms with Crippen molar-refractivity contribution in [1.29, 1.82) is 0 Å². The molecule has 1 aromatic rings. The lowest BCUT2D eigenvalue weighted by atomic mass is 9.73. The molecule has 3 rings (SSSR count). The van der Waals surface area contributed by atoms with Gasteiger partial charge in [0.25, 0.3) is 0 Å². The summed E-state index contributed by atoms with van der Waals surface area (Å²) in [5, 5.41) is 0. The first-order valence-corrected chi connectivity index (χ1v) is 9.15. The number of fused-ring (bicyclic) bond motifs is 2. The lowest BCUT2D eigenvalue weighted by molar-refractivity contribution is -0.131. The van der Waals surface area contributed by atoms with E-state index in [1.807, 2.05) is 12.1 Å². The minimum absolute atomic E-state index is 0.0954. The minimum atomic E-state index is -0.255. The zero-order valence-corrected chi connectivity index (χ0v) is 15.2. The molecule has 2 aliphatic rings. The summed E-state index contributed by atoms with van der Waals surface area (Å²) in [6.45, 7) is 10.2. The van der Waals surface area contributed by atoms with Crippen molar-refractivity contribution in [3.05, 3.63) is 35.4 Å². The summed E-state index contributed by atoms with van der Waals surface area (Å²) in [4.78, 5) is 25.7. The van der Waals surface area contributed by atoms with Crippen molar-refractivity contribution in [1.82, 2.24) is 4.90 Å². The Morgan fingerprint density at radius 2 is 1.92 bits per heavy atom. The van der Waals surface area contributed by atoms with Crippen molar-refractivity contribution in [3.8, 4) is 0 Å². The highest BCUT2D eigenvalue weighted by atomic mass is 16.2. The molecule has 0 radical (unpaired) electrons. The third-order valence-corrected chi connectivity index (χ3v) is 5.95. The Labute approximate surface area is 145 Å². The Hall–Kier alpha value is -1.48. The van der Waals surface area contributed by atoms with Gasteiger partial charge >= 0.3 is 0 Å². The van der Waals surface area contributed by atoms with Crippen LogP contribution >= 0.6 is 0 Å². The molecule has 0 aromatic heterocycles. The first kappa shape index (κ1) is 17.3. The fraction of sp³-hybridized carbons (Fsp3) is 0.619. The molecule has 130 valence electrons. The summed E-state index contributed by atoms with van der Waals surface area (Å²) < 4.78 is 0. The molecule has 1 heterocycles. The first-order valence-electron chi connectivity index (χ1n) is 9.15. The Balaban J connectivity index is 1.74. The summed E-state index contributed by atoms with van der Waals surface area (Å²) in [6.07, 6.45) is 4.73. The second-order valence-corrected chi connectivity index (χ2v) is 8.80. The van der Waals surface area contributed by atoms with E-state index in [2.05, 4.69) is 37.8 Å². The van der Waals surface area contributed by atoms with Gasteiger partial charge in [-0.15, -0.1) is 0 Å². The van der Waals surface area contributed by atoms with Gasteiger partial charge in [-0.1, -0.05) is 45.0 Å². The molecule has 24 heavy (non-hydrogen) atoms. The van der Waals surface area contributed by atoms with Gasteiger partial charge in [0.15, 0.2) is 6.29 Å². The number of carbonyl (C=O) groups is 2. The smallest absolute Gasteiger partial charge is 0.202 e. The van der Waals surface area contributed by atoms with E-state index in [4.69, 9.17) is 0 Å². The molecule has 3 heteroatoms. The predicted molar refractivity (Wildman–Crippen MR) is 96.3 cm³/mol. The van der Waals surface area contributed by atoms with Gasteiger partial charge in [-0.05, 0) is 67.3 Å². The van der Waals surface area contributed by atoms with Gasteiger partial charge < -0.3 is 4.90 Å². The number of nitrogens with zero attached hydrogens (tertiary/aromatic N) is 1. The van der Waals surface area contributed by atoms with Gasteiger partial charge in [0.2, 0.25) is 5.78 Å². The Morgan fingerprint density at radius 3 is 2.54 bits per heavy atom. The van der Waals surface area contributed by atoms with Crippen LogP contribution in [0.25, 0.3) is 0 Å². The van der Waals surface area contributed by atoms with E-state index in [0.29, 0.717) is 11.7 Å². The predicted octanol–water partition coefficient (Wildman–Crippen LogP) is 3.71. The van der Waals surface area contributed by atoms with E-state index in [1.54, 1.807) is 0 Å². The number of benzene rings is 1. The molecule has 1 fully saturated rings. The molecule has 1 spiro atoms. The highest BCUT2D eigenvalue weighted by Crippen LogP contribution is 2.51. The molecule has 1 aliphatic heterocycles. The summed E-state index contributed by atoms with van der Waals surface area (Å²) in [7, 11) is 0. The van der Waals surface area contributed by atoms with Crippen molar-refractivity contribution in [2.24, 2.45) is 5.41 Å². The number of rotatable bonds is 4. The number of ketones is 1. The molecular weight excluding hydrogens is 298 g/mol. The summed E-state index contributed by atoms with van der Waals surface area (Å²) in [6, 6.07) is 8.28. The third kappa shape index (κ3) is 3.32. The van der Waals surface area contributed by atoms with Crippen LogP contribution in [0.1, 0.15) is 63.5 Å². The monoisotopic (exact) mass is 327 g/mol. The van der Waals surface area contributed by atoms with E-state index in [-0.39, 0.29) is 17.1 Å². The summed E-state index contributed by atoms with van der Waals surface area (Å²) >= 11 is 0. The lowest BCUT2D eigenvalue weighted by Gasteiger charge is -2.41. The quantitative estimate of drug-likeness (QED) is 0.625. The number of aldehydes is 1. The Morgan fingerprint density at radius 1 is 1.25 bits per heavy atom. The van der Waals surface area contributed by atoms with E-state index >= 15 is 0 Å². The zero-order valence-electron chi connectivity index (χ0n) is 15.2. The topological polar surface area (TPSA) is 37.4 Å². The van der Waals surface area contributed by atoms with Gasteiger partial charge in [0.05, 0.1) is 5.92 Å². The van der Waals surface area contributed by atoms with Gasteiger partial charge in [0, 0.05) is 0 Å². The number of Topliss-reactive ketones (excluding diaryl/α,β-unsaturated/α-hetero) is 1. The molecular formula is C21H29NO2. The average Bonchev–Trinajstić information content (AvgIpc) is 2.88. The van der Waals surface area contributed by atoms with Crippen molar-refractivity contribution in [3.63, 3.8) is 0 Å². The molecule has 0 N–H and O–H groups in total. The summed E-state index contributed by atoms with van der Waals surface area (Å²) in [5.74, 6) is -0.477. The van der Waals surface area contributed by atoms with Crippen LogP contribution in [-0.4, -0.2) is 36.6 Å². The fourth-order valence-corrected chi connectivity index (χ4v) is 4.40. The minimum Gasteiger partial charge on any atom is -0.303 e. The number of piperidine rings is 1. The molecule has 0 amide bonds. The van der Waals surface area contributed by atoms with E-state index in [0.717, 1.165) is 44.5 Å². The van der Waals surface area contributed by atoms with Crippen LogP contribution in [0.5, 0.6) is 0 Å². The van der Waals surface area contributed by atoms with Crippen LogP contribution in [0, 0.1) is 5.41 Å². The number of likely N-dealkylation sites (tertiary alicyclic amines) is 1.